The predicted octanol–water partition coefficient (Wildman–Crippen LogP) is 1.02. The summed E-state index contributed by atoms with van der Waals surface area (Å²) < 4.78 is 28.4. The fourth-order valence-corrected chi connectivity index (χ4v) is 4.41. The third kappa shape index (κ3) is 4.53. The Morgan fingerprint density at radius 3 is 2.55 bits per heavy atom. The zero-order valence-corrected chi connectivity index (χ0v) is 13.4. The zero-order valence-electron chi connectivity index (χ0n) is 12.6. The van der Waals surface area contributed by atoms with Crippen molar-refractivity contribution in [3.63, 3.8) is 0 Å². The molecule has 0 saturated carbocycles. The monoisotopic (exact) mass is 327 g/mol. The third-order valence-corrected chi connectivity index (χ3v) is 5.64. The van der Waals surface area contributed by atoms with E-state index in [9.17, 15) is 13.2 Å². The smallest absolute Gasteiger partial charge is 0.335 e. The van der Waals surface area contributed by atoms with Crippen LogP contribution in [-0.4, -0.2) is 62.2 Å². The standard InChI is InChI=1S/C15H21NO5S/c1-21-8-7-16(14-6-9-22(19,20)11-14)10-12-2-4-13(5-3-12)15(17)18/h2-5,14H,6-11H2,1H3,(H,17,18). The van der Waals surface area contributed by atoms with Crippen LogP contribution in [0.5, 0.6) is 0 Å². The fourth-order valence-electron chi connectivity index (χ4n) is 2.65. The second-order valence-electron chi connectivity index (χ2n) is 5.52. The number of hydrogen-bond donors (Lipinski definition) is 1. The molecule has 2 rings (SSSR count). The highest BCUT2D eigenvalue weighted by atomic mass is 32.2. The Bertz CT molecular complexity index is 611. The Morgan fingerprint density at radius 1 is 1.36 bits per heavy atom. The van der Waals surface area contributed by atoms with E-state index in [1.165, 1.54) is 0 Å². The van der Waals surface area contributed by atoms with Gasteiger partial charge in [-0.15, -0.1) is 0 Å². The van der Waals surface area contributed by atoms with E-state index in [2.05, 4.69) is 4.90 Å². The van der Waals surface area contributed by atoms with Gasteiger partial charge in [0, 0.05) is 26.2 Å². The van der Waals surface area contributed by atoms with Gasteiger partial charge in [0.2, 0.25) is 0 Å². The lowest BCUT2D eigenvalue weighted by Crippen LogP contribution is -2.38. The number of ether oxygens (including phenoxy) is 1. The van der Waals surface area contributed by atoms with E-state index in [0.717, 1.165) is 5.56 Å². The summed E-state index contributed by atoms with van der Waals surface area (Å²) in [5.41, 5.74) is 1.21. The largest absolute Gasteiger partial charge is 0.478 e. The number of carboxylic acid groups (broad SMARTS) is 1. The van der Waals surface area contributed by atoms with Crippen molar-refractivity contribution >= 4 is 15.8 Å². The molecule has 0 spiro atoms. The molecule has 0 aliphatic carbocycles. The van der Waals surface area contributed by atoms with Gasteiger partial charge in [0.25, 0.3) is 0 Å². The summed E-state index contributed by atoms with van der Waals surface area (Å²) in [6.07, 6.45) is 0.638. The van der Waals surface area contributed by atoms with Gasteiger partial charge in [-0.3, -0.25) is 4.90 Å². The normalized spacial score (nSPS) is 20.4. The first kappa shape index (κ1) is 16.9. The Kier molecular flexibility index (Phi) is 5.55. The number of hydrogen-bond acceptors (Lipinski definition) is 5. The summed E-state index contributed by atoms with van der Waals surface area (Å²) >= 11 is 0. The van der Waals surface area contributed by atoms with E-state index in [-0.39, 0.29) is 23.1 Å². The van der Waals surface area contributed by atoms with Crippen LogP contribution in [0.3, 0.4) is 0 Å². The highest BCUT2D eigenvalue weighted by Crippen LogP contribution is 2.20. The second-order valence-corrected chi connectivity index (χ2v) is 7.75. The Balaban J connectivity index is 2.07. The van der Waals surface area contributed by atoms with Gasteiger partial charge >= 0.3 is 5.97 Å². The first-order valence-electron chi connectivity index (χ1n) is 7.17. The topological polar surface area (TPSA) is 83.9 Å². The number of carbonyl (C=O) groups is 1. The number of rotatable bonds is 7. The van der Waals surface area contributed by atoms with Gasteiger partial charge in [0.05, 0.1) is 23.7 Å². The van der Waals surface area contributed by atoms with Gasteiger partial charge in [0.1, 0.15) is 0 Å². The number of carboxylic acids is 1. The summed E-state index contributed by atoms with van der Waals surface area (Å²) in [5.74, 6) is -0.534. The molecule has 0 aromatic heterocycles. The lowest BCUT2D eigenvalue weighted by Gasteiger charge is -2.27. The van der Waals surface area contributed by atoms with Crippen LogP contribution in [0.1, 0.15) is 22.3 Å². The van der Waals surface area contributed by atoms with E-state index in [4.69, 9.17) is 9.84 Å². The summed E-state index contributed by atoms with van der Waals surface area (Å²) in [4.78, 5) is 13.0. The average Bonchev–Trinajstić information content (AvgIpc) is 2.84. The van der Waals surface area contributed by atoms with Crippen molar-refractivity contribution in [3.05, 3.63) is 35.4 Å². The minimum absolute atomic E-state index is 0.000648. The van der Waals surface area contributed by atoms with Crippen LogP contribution in [0.25, 0.3) is 0 Å². The molecule has 6 nitrogen and oxygen atoms in total. The minimum Gasteiger partial charge on any atom is -0.478 e. The average molecular weight is 327 g/mol. The summed E-state index contributed by atoms with van der Waals surface area (Å²) in [5, 5.41) is 8.91. The number of aromatic carboxylic acids is 1. The fraction of sp³-hybridized carbons (Fsp3) is 0.533. The molecular formula is C15H21NO5S. The van der Waals surface area contributed by atoms with Gasteiger partial charge < -0.3 is 9.84 Å². The molecule has 0 amide bonds. The maximum Gasteiger partial charge on any atom is 0.335 e. The summed E-state index contributed by atoms with van der Waals surface area (Å²) in [7, 11) is -1.32. The Hall–Kier alpha value is -1.44. The molecule has 1 N–H and O–H groups in total. The molecule has 1 aromatic carbocycles. The van der Waals surface area contributed by atoms with Crippen molar-refractivity contribution in [1.82, 2.24) is 4.90 Å². The van der Waals surface area contributed by atoms with Crippen LogP contribution in [0.4, 0.5) is 0 Å². The van der Waals surface area contributed by atoms with Crippen LogP contribution in [0.2, 0.25) is 0 Å². The van der Waals surface area contributed by atoms with Crippen molar-refractivity contribution in [2.45, 2.75) is 19.0 Å². The lowest BCUT2D eigenvalue weighted by molar-refractivity contribution is 0.0697. The maximum absolute atomic E-state index is 11.7. The highest BCUT2D eigenvalue weighted by Gasteiger charge is 2.32. The predicted molar refractivity (Wildman–Crippen MR) is 82.7 cm³/mol. The van der Waals surface area contributed by atoms with Crippen LogP contribution in [0, 0.1) is 0 Å². The van der Waals surface area contributed by atoms with Crippen molar-refractivity contribution < 1.29 is 23.1 Å². The second kappa shape index (κ2) is 7.21. The number of nitrogens with zero attached hydrogens (tertiary/aromatic N) is 1. The molecule has 0 radical (unpaired) electrons. The molecule has 1 aliphatic heterocycles. The van der Waals surface area contributed by atoms with Crippen molar-refractivity contribution in [1.29, 1.82) is 0 Å². The van der Waals surface area contributed by atoms with E-state index in [0.29, 0.717) is 26.1 Å². The maximum atomic E-state index is 11.7. The first-order valence-corrected chi connectivity index (χ1v) is 8.99. The number of sulfone groups is 1. The van der Waals surface area contributed by atoms with E-state index in [1.807, 2.05) is 0 Å². The molecule has 22 heavy (non-hydrogen) atoms. The molecule has 7 heteroatoms. The molecule has 1 heterocycles. The SMILES string of the molecule is COCCN(Cc1ccc(C(=O)O)cc1)C1CCS(=O)(=O)C1. The van der Waals surface area contributed by atoms with E-state index >= 15 is 0 Å². The molecule has 122 valence electrons. The van der Waals surface area contributed by atoms with Crippen LogP contribution < -0.4 is 0 Å². The van der Waals surface area contributed by atoms with E-state index < -0.39 is 15.8 Å². The molecule has 1 saturated heterocycles. The molecule has 1 aliphatic rings. The first-order chi connectivity index (χ1) is 10.4. The molecule has 1 unspecified atom stereocenters. The third-order valence-electron chi connectivity index (χ3n) is 3.89. The van der Waals surface area contributed by atoms with E-state index in [1.54, 1.807) is 31.4 Å². The van der Waals surface area contributed by atoms with Crippen LogP contribution in [0.15, 0.2) is 24.3 Å². The zero-order chi connectivity index (χ0) is 16.2. The number of benzene rings is 1. The van der Waals surface area contributed by atoms with Gasteiger partial charge in [-0.2, -0.15) is 0 Å². The summed E-state index contributed by atoms with van der Waals surface area (Å²) in [6.45, 7) is 1.77. The molecule has 0 bridgehead atoms. The quantitative estimate of drug-likeness (QED) is 0.805. The molecule has 1 fully saturated rings. The van der Waals surface area contributed by atoms with Crippen LogP contribution >= 0.6 is 0 Å². The summed E-state index contributed by atoms with van der Waals surface area (Å²) in [6, 6.07) is 6.67. The number of methoxy groups -OCH3 is 1. The van der Waals surface area contributed by atoms with Gasteiger partial charge in [-0.1, -0.05) is 12.1 Å². The molecular weight excluding hydrogens is 306 g/mol. The van der Waals surface area contributed by atoms with Crippen molar-refractivity contribution in [2.75, 3.05) is 31.8 Å². The minimum atomic E-state index is -2.94. The van der Waals surface area contributed by atoms with Crippen molar-refractivity contribution in [3.8, 4) is 0 Å². The highest BCUT2D eigenvalue weighted by molar-refractivity contribution is 7.91. The lowest BCUT2D eigenvalue weighted by atomic mass is 10.1. The van der Waals surface area contributed by atoms with Gasteiger partial charge in [-0.25, -0.2) is 13.2 Å². The Morgan fingerprint density at radius 2 is 2.05 bits per heavy atom. The Labute approximate surface area is 130 Å². The van der Waals surface area contributed by atoms with Gasteiger partial charge in [0.15, 0.2) is 9.84 Å². The molecule has 1 aromatic rings. The molecule has 1 atom stereocenters. The van der Waals surface area contributed by atoms with Crippen LogP contribution in [-0.2, 0) is 21.1 Å². The van der Waals surface area contributed by atoms with Gasteiger partial charge in [-0.05, 0) is 24.1 Å². The van der Waals surface area contributed by atoms with Crippen molar-refractivity contribution in [2.24, 2.45) is 0 Å².